The monoisotopic (exact) mass is 205 g/mol. The van der Waals surface area contributed by atoms with Crippen LogP contribution < -0.4 is 0 Å². The summed E-state index contributed by atoms with van der Waals surface area (Å²) in [6.45, 7) is 4.40. The Morgan fingerprint density at radius 3 is 2.87 bits per heavy atom. The van der Waals surface area contributed by atoms with Gasteiger partial charge in [-0.05, 0) is 37.2 Å². The maximum atomic E-state index is 10.7. The number of rotatable bonds is 1. The quantitative estimate of drug-likeness (QED) is 0.764. The van der Waals surface area contributed by atoms with Crippen LogP contribution in [0.15, 0.2) is 24.5 Å². The second kappa shape index (κ2) is 3.93. The van der Waals surface area contributed by atoms with Crippen molar-refractivity contribution in [2.24, 2.45) is 11.8 Å². The highest BCUT2D eigenvalue weighted by molar-refractivity contribution is 5.20. The molecule has 82 valence electrons. The van der Waals surface area contributed by atoms with Gasteiger partial charge in [0.05, 0.1) is 5.60 Å². The van der Waals surface area contributed by atoms with Crippen molar-refractivity contribution >= 4 is 0 Å². The van der Waals surface area contributed by atoms with Crippen LogP contribution >= 0.6 is 0 Å². The van der Waals surface area contributed by atoms with Gasteiger partial charge in [-0.1, -0.05) is 19.9 Å². The Labute approximate surface area is 91.4 Å². The lowest BCUT2D eigenvalue weighted by molar-refractivity contribution is -0.0590. The highest BCUT2D eigenvalue weighted by atomic mass is 16.3. The van der Waals surface area contributed by atoms with Gasteiger partial charge in [0.25, 0.3) is 0 Å². The van der Waals surface area contributed by atoms with Crippen LogP contribution in [-0.2, 0) is 5.60 Å². The fraction of sp³-hybridized carbons (Fsp3) is 0.615. The average molecular weight is 205 g/mol. The topological polar surface area (TPSA) is 33.1 Å². The number of aliphatic hydroxyl groups is 1. The van der Waals surface area contributed by atoms with E-state index >= 15 is 0 Å². The molecule has 1 heterocycles. The van der Waals surface area contributed by atoms with Gasteiger partial charge in [0.15, 0.2) is 0 Å². The summed E-state index contributed by atoms with van der Waals surface area (Å²) in [6, 6.07) is 3.89. The van der Waals surface area contributed by atoms with Crippen molar-refractivity contribution in [3.05, 3.63) is 30.1 Å². The predicted molar refractivity (Wildman–Crippen MR) is 60.3 cm³/mol. The zero-order chi connectivity index (χ0) is 10.9. The van der Waals surface area contributed by atoms with Gasteiger partial charge in [0, 0.05) is 18.0 Å². The maximum absolute atomic E-state index is 10.7. The van der Waals surface area contributed by atoms with Crippen molar-refractivity contribution in [3.63, 3.8) is 0 Å². The molecule has 1 aromatic rings. The molecule has 0 saturated heterocycles. The Hall–Kier alpha value is -0.890. The average Bonchev–Trinajstić information content (AvgIpc) is 2.25. The number of aromatic nitrogens is 1. The third kappa shape index (κ3) is 1.91. The summed E-state index contributed by atoms with van der Waals surface area (Å²) in [4.78, 5) is 4.10. The summed E-state index contributed by atoms with van der Waals surface area (Å²) in [5, 5.41) is 10.7. The molecule has 1 N–H and O–H groups in total. The Morgan fingerprint density at radius 1 is 1.47 bits per heavy atom. The van der Waals surface area contributed by atoms with Gasteiger partial charge in [-0.25, -0.2) is 0 Å². The van der Waals surface area contributed by atoms with E-state index in [1.165, 1.54) is 0 Å². The summed E-state index contributed by atoms with van der Waals surface area (Å²) in [7, 11) is 0. The molecule has 2 heteroatoms. The van der Waals surface area contributed by atoms with E-state index in [0.717, 1.165) is 30.7 Å². The molecular weight excluding hydrogens is 186 g/mol. The second-order valence-corrected chi connectivity index (χ2v) is 4.95. The second-order valence-electron chi connectivity index (χ2n) is 4.95. The van der Waals surface area contributed by atoms with Crippen LogP contribution in [-0.4, -0.2) is 10.1 Å². The molecule has 2 rings (SSSR count). The fourth-order valence-electron chi connectivity index (χ4n) is 2.68. The van der Waals surface area contributed by atoms with Gasteiger partial charge < -0.3 is 5.11 Å². The zero-order valence-corrected chi connectivity index (χ0v) is 9.48. The fourth-order valence-corrected chi connectivity index (χ4v) is 2.68. The predicted octanol–water partition coefficient (Wildman–Crippen LogP) is 2.73. The summed E-state index contributed by atoms with van der Waals surface area (Å²) in [6.07, 6.45) is 6.62. The van der Waals surface area contributed by atoms with E-state index in [4.69, 9.17) is 0 Å². The first-order chi connectivity index (χ1) is 7.13. The Morgan fingerprint density at radius 2 is 2.27 bits per heavy atom. The van der Waals surface area contributed by atoms with Gasteiger partial charge in [-0.2, -0.15) is 0 Å². The standard InChI is InChI=1S/C13H19NO/c1-10-5-6-13(15,11(2)8-10)12-4-3-7-14-9-12/h3-4,7,9-11,15H,5-6,8H2,1-2H3. The minimum Gasteiger partial charge on any atom is -0.385 e. The molecule has 1 fully saturated rings. The molecule has 2 nitrogen and oxygen atoms in total. The van der Waals surface area contributed by atoms with Crippen LogP contribution in [0.4, 0.5) is 0 Å². The molecule has 3 unspecified atom stereocenters. The summed E-state index contributed by atoms with van der Waals surface area (Å²) in [5.41, 5.74) is 0.324. The van der Waals surface area contributed by atoms with E-state index in [0.29, 0.717) is 5.92 Å². The Kier molecular flexibility index (Phi) is 2.79. The van der Waals surface area contributed by atoms with E-state index in [9.17, 15) is 5.11 Å². The third-order valence-corrected chi connectivity index (χ3v) is 3.75. The molecule has 1 aromatic heterocycles. The van der Waals surface area contributed by atoms with E-state index < -0.39 is 5.60 Å². The van der Waals surface area contributed by atoms with Gasteiger partial charge in [0.2, 0.25) is 0 Å². The van der Waals surface area contributed by atoms with Crippen LogP contribution in [0.3, 0.4) is 0 Å². The molecule has 1 aliphatic rings. The Bertz CT molecular complexity index is 325. The van der Waals surface area contributed by atoms with Crippen LogP contribution in [0, 0.1) is 11.8 Å². The van der Waals surface area contributed by atoms with Crippen molar-refractivity contribution in [1.82, 2.24) is 4.98 Å². The van der Waals surface area contributed by atoms with Crippen molar-refractivity contribution in [3.8, 4) is 0 Å². The molecule has 1 saturated carbocycles. The molecule has 1 aliphatic carbocycles. The molecule has 3 atom stereocenters. The summed E-state index contributed by atoms with van der Waals surface area (Å²) < 4.78 is 0. The first kappa shape index (κ1) is 10.6. The molecule has 0 bridgehead atoms. The SMILES string of the molecule is CC1CCC(O)(c2cccnc2)C(C)C1. The summed E-state index contributed by atoms with van der Waals surface area (Å²) in [5.74, 6) is 1.06. The van der Waals surface area contributed by atoms with E-state index in [2.05, 4.69) is 18.8 Å². The van der Waals surface area contributed by atoms with Crippen LogP contribution in [0.25, 0.3) is 0 Å². The normalized spacial score (nSPS) is 36.5. The first-order valence-electron chi connectivity index (χ1n) is 5.76. The zero-order valence-electron chi connectivity index (χ0n) is 9.48. The Balaban J connectivity index is 2.27. The minimum atomic E-state index is -0.652. The van der Waals surface area contributed by atoms with Gasteiger partial charge in [0.1, 0.15) is 0 Å². The van der Waals surface area contributed by atoms with Crippen molar-refractivity contribution in [2.75, 3.05) is 0 Å². The summed E-state index contributed by atoms with van der Waals surface area (Å²) >= 11 is 0. The number of pyridine rings is 1. The van der Waals surface area contributed by atoms with Crippen LogP contribution in [0.2, 0.25) is 0 Å². The molecule has 0 aliphatic heterocycles. The van der Waals surface area contributed by atoms with Crippen LogP contribution in [0.1, 0.15) is 38.7 Å². The number of hydrogen-bond acceptors (Lipinski definition) is 2. The van der Waals surface area contributed by atoms with Crippen molar-refractivity contribution < 1.29 is 5.11 Å². The molecule has 0 amide bonds. The third-order valence-electron chi connectivity index (χ3n) is 3.75. The van der Waals surface area contributed by atoms with Crippen molar-refractivity contribution in [1.29, 1.82) is 0 Å². The van der Waals surface area contributed by atoms with Crippen LogP contribution in [0.5, 0.6) is 0 Å². The smallest absolute Gasteiger partial charge is 0.0936 e. The first-order valence-corrected chi connectivity index (χ1v) is 5.76. The minimum absolute atomic E-state index is 0.324. The van der Waals surface area contributed by atoms with Gasteiger partial charge in [-0.3, -0.25) is 4.98 Å². The maximum Gasteiger partial charge on any atom is 0.0936 e. The van der Waals surface area contributed by atoms with E-state index in [-0.39, 0.29) is 0 Å². The molecule has 0 radical (unpaired) electrons. The largest absolute Gasteiger partial charge is 0.385 e. The number of nitrogens with zero attached hydrogens (tertiary/aromatic N) is 1. The van der Waals surface area contributed by atoms with Crippen molar-refractivity contribution in [2.45, 2.75) is 38.7 Å². The lowest BCUT2D eigenvalue weighted by Gasteiger charge is -2.40. The van der Waals surface area contributed by atoms with E-state index in [1.807, 2.05) is 12.1 Å². The van der Waals surface area contributed by atoms with Gasteiger partial charge >= 0.3 is 0 Å². The highest BCUT2D eigenvalue weighted by Crippen LogP contribution is 2.43. The lowest BCUT2D eigenvalue weighted by Crippen LogP contribution is -2.38. The highest BCUT2D eigenvalue weighted by Gasteiger charge is 2.39. The molecular formula is C13H19NO. The molecule has 15 heavy (non-hydrogen) atoms. The molecule has 0 spiro atoms. The van der Waals surface area contributed by atoms with E-state index in [1.54, 1.807) is 12.4 Å². The lowest BCUT2D eigenvalue weighted by atomic mass is 9.69. The molecule has 0 aromatic carbocycles. The van der Waals surface area contributed by atoms with Gasteiger partial charge in [-0.15, -0.1) is 0 Å². The number of hydrogen-bond donors (Lipinski definition) is 1.